The Labute approximate surface area is 64.1 Å². The van der Waals surface area contributed by atoms with E-state index in [1.165, 1.54) is 0 Å². The monoisotopic (exact) mass is 193 g/mol. The summed E-state index contributed by atoms with van der Waals surface area (Å²) in [4.78, 5) is 10.7. The zero-order valence-electron chi connectivity index (χ0n) is 5.94. The van der Waals surface area contributed by atoms with Gasteiger partial charge in [-0.2, -0.15) is 0 Å². The van der Waals surface area contributed by atoms with Crippen LogP contribution >= 0.6 is 15.9 Å². The summed E-state index contributed by atoms with van der Waals surface area (Å²) < 4.78 is 0.0278. The number of likely N-dealkylation sites (N-methyl/N-ethyl adjacent to an activating group) is 1. The Balaban J connectivity index is 3.83. The van der Waals surface area contributed by atoms with Gasteiger partial charge in [0.2, 0.25) is 4.69 Å². The molecule has 0 amide bonds. The first-order chi connectivity index (χ1) is 4.09. The number of hydrogen-bond donors (Lipinski definition) is 1. The third-order valence-electron chi connectivity index (χ3n) is 1.22. The SMILES string of the molecule is CN[C@H](C(=O)Br)C(C)C. The molecule has 0 radical (unpaired) electrons. The van der Waals surface area contributed by atoms with Crippen molar-refractivity contribution in [3.63, 3.8) is 0 Å². The van der Waals surface area contributed by atoms with Gasteiger partial charge in [0.15, 0.2) is 0 Å². The summed E-state index contributed by atoms with van der Waals surface area (Å²) >= 11 is 2.90. The third kappa shape index (κ3) is 2.96. The van der Waals surface area contributed by atoms with E-state index in [2.05, 4.69) is 21.2 Å². The molecule has 0 unspecified atom stereocenters. The molecule has 0 aliphatic heterocycles. The first kappa shape index (κ1) is 9.11. The van der Waals surface area contributed by atoms with Crippen LogP contribution in [0.2, 0.25) is 0 Å². The van der Waals surface area contributed by atoms with Crippen molar-refractivity contribution in [2.45, 2.75) is 19.9 Å². The lowest BCUT2D eigenvalue weighted by molar-refractivity contribution is -0.112. The van der Waals surface area contributed by atoms with Crippen molar-refractivity contribution in [2.24, 2.45) is 5.92 Å². The molecule has 0 aromatic heterocycles. The minimum Gasteiger partial charge on any atom is -0.310 e. The summed E-state index contributed by atoms with van der Waals surface area (Å²) in [5.41, 5.74) is 0. The maximum atomic E-state index is 10.7. The van der Waals surface area contributed by atoms with Gasteiger partial charge in [0, 0.05) is 0 Å². The maximum Gasteiger partial charge on any atom is 0.214 e. The highest BCUT2D eigenvalue weighted by Crippen LogP contribution is 2.04. The van der Waals surface area contributed by atoms with Gasteiger partial charge < -0.3 is 5.32 Å². The number of rotatable bonds is 3. The van der Waals surface area contributed by atoms with Crippen molar-refractivity contribution in [2.75, 3.05) is 7.05 Å². The molecule has 9 heavy (non-hydrogen) atoms. The normalized spacial score (nSPS) is 13.9. The average Bonchev–Trinajstić information content (AvgIpc) is 1.64. The smallest absolute Gasteiger partial charge is 0.214 e. The largest absolute Gasteiger partial charge is 0.310 e. The van der Waals surface area contributed by atoms with E-state index in [-0.39, 0.29) is 10.7 Å². The fraction of sp³-hybridized carbons (Fsp3) is 0.833. The van der Waals surface area contributed by atoms with Gasteiger partial charge >= 0.3 is 0 Å². The first-order valence-electron chi connectivity index (χ1n) is 2.96. The molecule has 0 bridgehead atoms. The Kier molecular flexibility index (Phi) is 4.06. The molecule has 54 valence electrons. The molecule has 0 fully saturated rings. The van der Waals surface area contributed by atoms with Gasteiger partial charge in [-0.05, 0) is 28.9 Å². The van der Waals surface area contributed by atoms with E-state index in [1.807, 2.05) is 13.8 Å². The van der Waals surface area contributed by atoms with Crippen LogP contribution in [0.25, 0.3) is 0 Å². The van der Waals surface area contributed by atoms with Crippen molar-refractivity contribution >= 4 is 20.6 Å². The Bertz CT molecular complexity index is 103. The molecule has 0 aliphatic carbocycles. The van der Waals surface area contributed by atoms with E-state index in [1.54, 1.807) is 7.05 Å². The summed E-state index contributed by atoms with van der Waals surface area (Å²) in [6.07, 6.45) is 0. The number of halogens is 1. The molecule has 0 rings (SSSR count). The topological polar surface area (TPSA) is 29.1 Å². The summed E-state index contributed by atoms with van der Waals surface area (Å²) in [6.45, 7) is 4.00. The van der Waals surface area contributed by atoms with Crippen LogP contribution in [0, 0.1) is 5.92 Å². The predicted octanol–water partition coefficient (Wildman–Crippen LogP) is 1.15. The van der Waals surface area contributed by atoms with E-state index in [0.717, 1.165) is 0 Å². The number of nitrogens with one attached hydrogen (secondary N) is 1. The second kappa shape index (κ2) is 4.01. The summed E-state index contributed by atoms with van der Waals surface area (Å²) in [7, 11) is 1.78. The third-order valence-corrected chi connectivity index (χ3v) is 1.72. The Morgan fingerprint density at radius 3 is 2.00 bits per heavy atom. The first-order valence-corrected chi connectivity index (χ1v) is 3.75. The highest BCUT2D eigenvalue weighted by Gasteiger charge is 2.16. The van der Waals surface area contributed by atoms with Crippen LogP contribution in [0.5, 0.6) is 0 Å². The van der Waals surface area contributed by atoms with E-state index < -0.39 is 0 Å². The molecular weight excluding hydrogens is 182 g/mol. The molecule has 0 saturated heterocycles. The summed E-state index contributed by atoms with van der Waals surface area (Å²) in [5, 5.41) is 2.90. The van der Waals surface area contributed by atoms with E-state index in [0.29, 0.717) is 5.92 Å². The lowest BCUT2D eigenvalue weighted by Crippen LogP contribution is -2.35. The quantitative estimate of drug-likeness (QED) is 0.683. The van der Waals surface area contributed by atoms with E-state index >= 15 is 0 Å². The second-order valence-corrected chi connectivity index (χ2v) is 3.10. The number of carbonyl (C=O) groups excluding carboxylic acids is 1. The van der Waals surface area contributed by atoms with Gasteiger partial charge in [0.25, 0.3) is 0 Å². The molecule has 0 heterocycles. The molecule has 0 saturated carbocycles. The number of carbonyl (C=O) groups is 1. The molecule has 0 aliphatic rings. The maximum absolute atomic E-state index is 10.7. The van der Waals surface area contributed by atoms with Crippen LogP contribution in [0.3, 0.4) is 0 Å². The van der Waals surface area contributed by atoms with Crippen LogP contribution in [0.1, 0.15) is 13.8 Å². The van der Waals surface area contributed by atoms with Gasteiger partial charge in [0.1, 0.15) is 0 Å². The lowest BCUT2D eigenvalue weighted by atomic mass is 10.1. The molecule has 0 spiro atoms. The van der Waals surface area contributed by atoms with Crippen LogP contribution in [-0.4, -0.2) is 17.8 Å². The van der Waals surface area contributed by atoms with E-state index in [4.69, 9.17) is 0 Å². The molecule has 1 N–H and O–H groups in total. The fourth-order valence-electron chi connectivity index (χ4n) is 0.709. The van der Waals surface area contributed by atoms with Gasteiger partial charge in [-0.25, -0.2) is 0 Å². The Morgan fingerprint density at radius 2 is 2.00 bits per heavy atom. The lowest BCUT2D eigenvalue weighted by Gasteiger charge is -2.14. The van der Waals surface area contributed by atoms with Crippen molar-refractivity contribution in [3.8, 4) is 0 Å². The van der Waals surface area contributed by atoms with Gasteiger partial charge in [-0.3, -0.25) is 4.79 Å². The minimum atomic E-state index is -0.0509. The van der Waals surface area contributed by atoms with Gasteiger partial charge in [-0.1, -0.05) is 13.8 Å². The Hall–Kier alpha value is 0.110. The Morgan fingerprint density at radius 1 is 1.56 bits per heavy atom. The standard InChI is InChI=1S/C6H12BrNO/c1-4(2)5(8-3)6(7)9/h4-5,8H,1-3H3/t5-/m0/s1. The minimum absolute atomic E-state index is 0.0278. The van der Waals surface area contributed by atoms with Crippen molar-refractivity contribution in [1.29, 1.82) is 0 Å². The van der Waals surface area contributed by atoms with E-state index in [9.17, 15) is 4.79 Å². The molecule has 1 atom stereocenters. The van der Waals surface area contributed by atoms with Gasteiger partial charge in [0.05, 0.1) is 6.04 Å². The summed E-state index contributed by atoms with van der Waals surface area (Å²) in [6, 6.07) is -0.0509. The second-order valence-electron chi connectivity index (χ2n) is 2.31. The zero-order valence-corrected chi connectivity index (χ0v) is 7.53. The van der Waals surface area contributed by atoms with Crippen molar-refractivity contribution in [3.05, 3.63) is 0 Å². The highest BCUT2D eigenvalue weighted by molar-refractivity contribution is 9.18. The van der Waals surface area contributed by atoms with Crippen molar-refractivity contribution in [1.82, 2.24) is 5.32 Å². The van der Waals surface area contributed by atoms with Crippen LogP contribution in [-0.2, 0) is 4.79 Å². The fourth-order valence-corrected chi connectivity index (χ4v) is 1.47. The molecular formula is C6H12BrNO. The molecule has 0 aromatic carbocycles. The van der Waals surface area contributed by atoms with Crippen LogP contribution in [0.15, 0.2) is 0 Å². The van der Waals surface area contributed by atoms with Crippen LogP contribution < -0.4 is 5.32 Å². The van der Waals surface area contributed by atoms with Crippen LogP contribution in [0.4, 0.5) is 0 Å². The number of hydrogen-bond acceptors (Lipinski definition) is 2. The molecule has 0 aromatic rings. The molecule has 2 nitrogen and oxygen atoms in total. The molecule has 3 heteroatoms. The highest BCUT2D eigenvalue weighted by atomic mass is 79.9. The van der Waals surface area contributed by atoms with Gasteiger partial charge in [-0.15, -0.1) is 0 Å². The van der Waals surface area contributed by atoms with Crippen molar-refractivity contribution < 1.29 is 4.79 Å². The summed E-state index contributed by atoms with van der Waals surface area (Å²) in [5.74, 6) is 0.349. The average molecular weight is 194 g/mol. The zero-order chi connectivity index (χ0) is 7.44. The predicted molar refractivity (Wildman–Crippen MR) is 41.6 cm³/mol.